The molecule has 0 unspecified atom stereocenters. The van der Waals surface area contributed by atoms with E-state index >= 15 is 0 Å². The minimum atomic E-state index is -0.518. The highest BCUT2D eigenvalue weighted by molar-refractivity contribution is 5.95. The quantitative estimate of drug-likeness (QED) is 0.633. The Kier molecular flexibility index (Phi) is 4.45. The molecule has 1 aliphatic carbocycles. The molecule has 0 atom stereocenters. The Bertz CT molecular complexity index is 447. The summed E-state index contributed by atoms with van der Waals surface area (Å²) < 4.78 is 13.4. The first-order chi connectivity index (χ1) is 8.77. The summed E-state index contributed by atoms with van der Waals surface area (Å²) in [5, 5.41) is 4.11. The van der Waals surface area contributed by atoms with Gasteiger partial charge in [-0.25, -0.2) is 9.82 Å². The predicted octanol–water partition coefficient (Wildman–Crippen LogP) is 3.27. The van der Waals surface area contributed by atoms with Crippen molar-refractivity contribution in [3.05, 3.63) is 35.6 Å². The fraction of sp³-hybridized carbons (Fsp3) is 0.429. The van der Waals surface area contributed by atoms with Gasteiger partial charge in [-0.1, -0.05) is 25.0 Å². The highest BCUT2D eigenvalue weighted by atomic mass is 19.1. The van der Waals surface area contributed by atoms with Crippen molar-refractivity contribution in [2.24, 2.45) is 5.10 Å². The first kappa shape index (κ1) is 12.7. The summed E-state index contributed by atoms with van der Waals surface area (Å²) in [4.78, 5) is 11.7. The number of rotatable bonds is 2. The lowest BCUT2D eigenvalue weighted by molar-refractivity contribution is 0.0950. The topological polar surface area (TPSA) is 41.5 Å². The maximum absolute atomic E-state index is 13.4. The smallest absolute Gasteiger partial charge is 0.267 e. The molecular weight excluding hydrogens is 231 g/mol. The molecule has 0 aliphatic heterocycles. The zero-order valence-electron chi connectivity index (χ0n) is 10.3. The maximum Gasteiger partial charge on any atom is 0.274 e. The summed E-state index contributed by atoms with van der Waals surface area (Å²) in [6.45, 7) is 0. The molecule has 1 aromatic rings. The first-order valence-corrected chi connectivity index (χ1v) is 6.37. The van der Waals surface area contributed by atoms with Crippen LogP contribution in [-0.2, 0) is 0 Å². The number of nitrogens with zero attached hydrogens (tertiary/aromatic N) is 1. The zero-order valence-corrected chi connectivity index (χ0v) is 10.3. The molecule has 0 radical (unpaired) electrons. The summed E-state index contributed by atoms with van der Waals surface area (Å²) in [6.07, 6.45) is 6.54. The van der Waals surface area contributed by atoms with Crippen LogP contribution < -0.4 is 5.43 Å². The molecule has 0 aromatic heterocycles. The Morgan fingerprint density at radius 2 is 1.78 bits per heavy atom. The molecule has 1 amide bonds. The molecule has 4 heteroatoms. The van der Waals surface area contributed by atoms with E-state index in [2.05, 4.69) is 10.5 Å². The van der Waals surface area contributed by atoms with Gasteiger partial charge in [0, 0.05) is 5.71 Å². The number of carbonyl (C=O) groups is 1. The molecule has 3 nitrogen and oxygen atoms in total. The second-order valence-electron chi connectivity index (χ2n) is 4.51. The van der Waals surface area contributed by atoms with Crippen LogP contribution in [-0.4, -0.2) is 11.6 Å². The van der Waals surface area contributed by atoms with Gasteiger partial charge < -0.3 is 0 Å². The Balaban J connectivity index is 1.99. The minimum absolute atomic E-state index is 0.0375. The van der Waals surface area contributed by atoms with Gasteiger partial charge in [-0.2, -0.15) is 5.10 Å². The van der Waals surface area contributed by atoms with Gasteiger partial charge in [0.15, 0.2) is 0 Å². The second kappa shape index (κ2) is 6.28. The number of nitrogens with one attached hydrogen (secondary N) is 1. The van der Waals surface area contributed by atoms with Crippen LogP contribution >= 0.6 is 0 Å². The average Bonchev–Trinajstić information content (AvgIpc) is 2.65. The summed E-state index contributed by atoms with van der Waals surface area (Å²) in [6, 6.07) is 5.92. The lowest BCUT2D eigenvalue weighted by atomic mass is 10.2. The number of carbonyl (C=O) groups excluding carboxylic acids is 1. The third kappa shape index (κ3) is 3.39. The molecule has 1 fully saturated rings. The van der Waals surface area contributed by atoms with E-state index in [1.807, 2.05) is 0 Å². The summed E-state index contributed by atoms with van der Waals surface area (Å²) in [5.41, 5.74) is 3.50. The Morgan fingerprint density at radius 1 is 1.11 bits per heavy atom. The van der Waals surface area contributed by atoms with Gasteiger partial charge in [0.25, 0.3) is 5.91 Å². The number of amides is 1. The summed E-state index contributed by atoms with van der Waals surface area (Å²) in [7, 11) is 0. The third-order valence-electron chi connectivity index (χ3n) is 3.11. The van der Waals surface area contributed by atoms with E-state index in [-0.39, 0.29) is 5.56 Å². The van der Waals surface area contributed by atoms with Gasteiger partial charge >= 0.3 is 0 Å². The van der Waals surface area contributed by atoms with Gasteiger partial charge in [-0.05, 0) is 37.8 Å². The largest absolute Gasteiger partial charge is 0.274 e. The minimum Gasteiger partial charge on any atom is -0.267 e. The van der Waals surface area contributed by atoms with Crippen molar-refractivity contribution >= 4 is 11.6 Å². The van der Waals surface area contributed by atoms with Crippen LogP contribution in [0.4, 0.5) is 4.39 Å². The standard InChI is InChI=1S/C14H17FN2O/c15-13-10-6-5-9-12(13)14(18)17-16-11-7-3-1-2-4-8-11/h5-6,9-10H,1-4,7-8H2,(H,17,18). The molecule has 96 valence electrons. The van der Waals surface area contributed by atoms with Crippen molar-refractivity contribution in [3.63, 3.8) is 0 Å². The van der Waals surface area contributed by atoms with Gasteiger partial charge in [0.1, 0.15) is 5.82 Å². The molecule has 1 aliphatic rings. The van der Waals surface area contributed by atoms with E-state index in [0.717, 1.165) is 31.4 Å². The highest BCUT2D eigenvalue weighted by Gasteiger charge is 2.11. The molecule has 2 rings (SSSR count). The fourth-order valence-electron chi connectivity index (χ4n) is 2.08. The number of hydrazone groups is 1. The Hall–Kier alpha value is -1.71. The maximum atomic E-state index is 13.4. The van der Waals surface area contributed by atoms with E-state index in [0.29, 0.717) is 0 Å². The predicted molar refractivity (Wildman–Crippen MR) is 69.0 cm³/mol. The highest BCUT2D eigenvalue weighted by Crippen LogP contribution is 2.14. The van der Waals surface area contributed by atoms with Crippen molar-refractivity contribution in [1.82, 2.24) is 5.43 Å². The number of halogens is 1. The normalized spacial score (nSPS) is 15.9. The van der Waals surface area contributed by atoms with Gasteiger partial charge in [0.2, 0.25) is 0 Å². The fourth-order valence-corrected chi connectivity index (χ4v) is 2.08. The van der Waals surface area contributed by atoms with Crippen LogP contribution in [0.5, 0.6) is 0 Å². The van der Waals surface area contributed by atoms with E-state index in [9.17, 15) is 9.18 Å². The van der Waals surface area contributed by atoms with E-state index < -0.39 is 11.7 Å². The molecular formula is C14H17FN2O. The van der Waals surface area contributed by atoms with E-state index in [1.165, 1.54) is 25.0 Å². The van der Waals surface area contributed by atoms with Gasteiger partial charge in [0.05, 0.1) is 5.56 Å². The van der Waals surface area contributed by atoms with Crippen LogP contribution in [0.15, 0.2) is 29.4 Å². The molecule has 0 heterocycles. The lowest BCUT2D eigenvalue weighted by Gasteiger charge is -2.04. The van der Waals surface area contributed by atoms with Gasteiger partial charge in [-0.15, -0.1) is 0 Å². The molecule has 0 bridgehead atoms. The van der Waals surface area contributed by atoms with E-state index in [1.54, 1.807) is 12.1 Å². The number of benzene rings is 1. The average molecular weight is 248 g/mol. The first-order valence-electron chi connectivity index (χ1n) is 6.37. The van der Waals surface area contributed by atoms with Crippen molar-refractivity contribution in [2.45, 2.75) is 38.5 Å². The van der Waals surface area contributed by atoms with Crippen molar-refractivity contribution in [3.8, 4) is 0 Å². The number of hydrogen-bond acceptors (Lipinski definition) is 2. The van der Waals surface area contributed by atoms with Gasteiger partial charge in [-0.3, -0.25) is 4.79 Å². The molecule has 18 heavy (non-hydrogen) atoms. The van der Waals surface area contributed by atoms with Crippen LogP contribution in [0.25, 0.3) is 0 Å². The molecule has 1 aromatic carbocycles. The van der Waals surface area contributed by atoms with Crippen LogP contribution in [0.3, 0.4) is 0 Å². The molecule has 0 spiro atoms. The lowest BCUT2D eigenvalue weighted by Crippen LogP contribution is -2.20. The van der Waals surface area contributed by atoms with Crippen LogP contribution in [0.2, 0.25) is 0 Å². The molecule has 1 saturated carbocycles. The second-order valence-corrected chi connectivity index (χ2v) is 4.51. The monoisotopic (exact) mass is 248 g/mol. The Labute approximate surface area is 106 Å². The molecule has 1 N–H and O–H groups in total. The van der Waals surface area contributed by atoms with Crippen LogP contribution in [0.1, 0.15) is 48.9 Å². The number of hydrogen-bond donors (Lipinski definition) is 1. The van der Waals surface area contributed by atoms with Crippen molar-refractivity contribution in [1.29, 1.82) is 0 Å². The van der Waals surface area contributed by atoms with Crippen molar-refractivity contribution in [2.75, 3.05) is 0 Å². The SMILES string of the molecule is O=C(NN=C1CCCCCC1)c1ccccc1F. The summed E-state index contributed by atoms with van der Waals surface area (Å²) in [5.74, 6) is -0.999. The van der Waals surface area contributed by atoms with E-state index in [4.69, 9.17) is 0 Å². The van der Waals surface area contributed by atoms with Crippen molar-refractivity contribution < 1.29 is 9.18 Å². The Morgan fingerprint density at radius 3 is 2.44 bits per heavy atom. The summed E-state index contributed by atoms with van der Waals surface area (Å²) >= 11 is 0. The molecule has 0 saturated heterocycles. The zero-order chi connectivity index (χ0) is 12.8. The third-order valence-corrected chi connectivity index (χ3v) is 3.11. The van der Waals surface area contributed by atoms with Crippen LogP contribution in [0, 0.1) is 5.82 Å².